The van der Waals surface area contributed by atoms with Crippen LogP contribution < -0.4 is 4.74 Å². The highest BCUT2D eigenvalue weighted by molar-refractivity contribution is 9.11. The minimum atomic E-state index is -0.488. The summed E-state index contributed by atoms with van der Waals surface area (Å²) in [6.45, 7) is 1.78. The Bertz CT molecular complexity index is 572. The first-order valence-electron chi connectivity index (χ1n) is 4.48. The van der Waals surface area contributed by atoms with Crippen LogP contribution in [0.1, 0.15) is 5.56 Å². The van der Waals surface area contributed by atoms with Crippen LogP contribution in [0, 0.1) is 17.0 Å². The number of ether oxygens (including phenoxy) is 1. The van der Waals surface area contributed by atoms with E-state index < -0.39 is 4.92 Å². The van der Waals surface area contributed by atoms with Gasteiger partial charge in [0.15, 0.2) is 3.92 Å². The molecule has 2 aromatic rings. The van der Waals surface area contributed by atoms with Crippen LogP contribution in [-0.2, 0) is 0 Å². The molecule has 6 nitrogen and oxygen atoms in total. The molecule has 0 bridgehead atoms. The van der Waals surface area contributed by atoms with E-state index in [9.17, 15) is 10.1 Å². The fourth-order valence-electron chi connectivity index (χ4n) is 1.18. The lowest BCUT2D eigenvalue weighted by molar-refractivity contribution is -0.385. The van der Waals surface area contributed by atoms with Crippen LogP contribution in [-0.4, -0.2) is 15.1 Å². The molecular formula is C9H6BrN3O3S. The van der Waals surface area contributed by atoms with Gasteiger partial charge in [-0.15, -0.1) is 5.10 Å². The van der Waals surface area contributed by atoms with Gasteiger partial charge in [0.2, 0.25) is 5.75 Å². The number of halogens is 1. The number of nitro groups is 1. The normalized spacial score (nSPS) is 10.2. The minimum absolute atomic E-state index is 0.0867. The first kappa shape index (κ1) is 11.9. The van der Waals surface area contributed by atoms with E-state index in [1.165, 1.54) is 6.07 Å². The van der Waals surface area contributed by atoms with Gasteiger partial charge in [0.05, 0.1) is 4.92 Å². The van der Waals surface area contributed by atoms with Crippen molar-refractivity contribution >= 4 is 33.0 Å². The Morgan fingerprint density at radius 2 is 2.24 bits per heavy atom. The molecule has 0 saturated heterocycles. The summed E-state index contributed by atoms with van der Waals surface area (Å²) in [5.41, 5.74) is 0.707. The molecule has 0 aliphatic heterocycles. The van der Waals surface area contributed by atoms with Crippen molar-refractivity contribution in [2.24, 2.45) is 0 Å². The van der Waals surface area contributed by atoms with Crippen LogP contribution in [0.25, 0.3) is 0 Å². The number of nitrogens with zero attached hydrogens (tertiary/aromatic N) is 3. The zero-order chi connectivity index (χ0) is 12.4. The zero-order valence-electron chi connectivity index (χ0n) is 8.58. The van der Waals surface area contributed by atoms with E-state index in [2.05, 4.69) is 26.1 Å². The smallest absolute Gasteiger partial charge is 0.311 e. The summed E-state index contributed by atoms with van der Waals surface area (Å²) in [6.07, 6.45) is 0. The van der Waals surface area contributed by atoms with E-state index in [1.54, 1.807) is 19.1 Å². The fourth-order valence-corrected chi connectivity index (χ4v) is 2.12. The SMILES string of the molecule is Cc1ccc(Oc2nnc(Br)s2)c([N+](=O)[O-])c1. The molecule has 2 rings (SSSR count). The number of benzene rings is 1. The lowest BCUT2D eigenvalue weighted by atomic mass is 10.2. The van der Waals surface area contributed by atoms with Gasteiger partial charge in [0.1, 0.15) is 0 Å². The van der Waals surface area contributed by atoms with Gasteiger partial charge >= 0.3 is 10.9 Å². The fraction of sp³-hybridized carbons (Fsp3) is 0.111. The number of rotatable bonds is 3. The van der Waals surface area contributed by atoms with Gasteiger partial charge in [-0.1, -0.05) is 11.2 Å². The van der Waals surface area contributed by atoms with Gasteiger partial charge in [-0.2, -0.15) is 0 Å². The number of hydrogen-bond donors (Lipinski definition) is 0. The topological polar surface area (TPSA) is 78.2 Å². The molecule has 0 N–H and O–H groups in total. The Morgan fingerprint density at radius 3 is 2.82 bits per heavy atom. The predicted molar refractivity (Wildman–Crippen MR) is 65.5 cm³/mol. The number of nitro benzene ring substituents is 1. The van der Waals surface area contributed by atoms with E-state index in [4.69, 9.17) is 4.74 Å². The lowest BCUT2D eigenvalue weighted by Crippen LogP contribution is -1.93. The van der Waals surface area contributed by atoms with Gasteiger partial charge in [-0.25, -0.2) is 0 Å². The molecule has 1 aromatic carbocycles. The molecule has 0 fully saturated rings. The third kappa shape index (κ3) is 2.77. The van der Waals surface area contributed by atoms with Crippen molar-refractivity contribution < 1.29 is 9.66 Å². The van der Waals surface area contributed by atoms with Gasteiger partial charge in [0, 0.05) is 6.07 Å². The van der Waals surface area contributed by atoms with Crippen molar-refractivity contribution in [2.75, 3.05) is 0 Å². The van der Waals surface area contributed by atoms with Gasteiger partial charge in [-0.05, 0) is 45.8 Å². The molecule has 0 aliphatic carbocycles. The molecule has 0 amide bonds. The Labute approximate surface area is 109 Å². The highest BCUT2D eigenvalue weighted by Crippen LogP contribution is 2.34. The summed E-state index contributed by atoms with van der Waals surface area (Å²) in [5, 5.41) is 18.5. The van der Waals surface area contributed by atoms with Crippen molar-refractivity contribution in [3.05, 3.63) is 37.8 Å². The standard InChI is InChI=1S/C9H6BrN3O3S/c1-5-2-3-7(6(4-5)13(14)15)16-9-12-11-8(10)17-9/h2-4H,1H3. The third-order valence-corrected chi connectivity index (χ3v) is 3.12. The molecule has 8 heteroatoms. The van der Waals surface area contributed by atoms with Crippen LogP contribution in [0.2, 0.25) is 0 Å². The summed E-state index contributed by atoms with van der Waals surface area (Å²) in [6, 6.07) is 4.73. The lowest BCUT2D eigenvalue weighted by Gasteiger charge is -2.02. The van der Waals surface area contributed by atoms with E-state index in [0.717, 1.165) is 16.9 Å². The number of hydrogen-bond acceptors (Lipinski definition) is 6. The molecule has 0 atom stereocenters. The second kappa shape index (κ2) is 4.76. The van der Waals surface area contributed by atoms with Crippen LogP contribution >= 0.6 is 27.3 Å². The summed E-state index contributed by atoms with van der Waals surface area (Å²) in [5.74, 6) is 0.157. The molecule has 17 heavy (non-hydrogen) atoms. The molecule has 1 aromatic heterocycles. The van der Waals surface area contributed by atoms with Gasteiger partial charge in [0.25, 0.3) is 0 Å². The van der Waals surface area contributed by atoms with E-state index >= 15 is 0 Å². The number of aryl methyl sites for hydroxylation is 1. The van der Waals surface area contributed by atoms with Crippen molar-refractivity contribution in [3.8, 4) is 10.9 Å². The van der Waals surface area contributed by atoms with Crippen LogP contribution in [0.5, 0.6) is 10.9 Å². The largest absolute Gasteiger partial charge is 0.422 e. The van der Waals surface area contributed by atoms with Crippen LogP contribution in [0.4, 0.5) is 5.69 Å². The average Bonchev–Trinajstić information content (AvgIpc) is 2.66. The van der Waals surface area contributed by atoms with Crippen molar-refractivity contribution in [1.29, 1.82) is 0 Å². The zero-order valence-corrected chi connectivity index (χ0v) is 11.0. The highest BCUT2D eigenvalue weighted by Gasteiger charge is 2.17. The summed E-state index contributed by atoms with van der Waals surface area (Å²) >= 11 is 4.29. The van der Waals surface area contributed by atoms with Gasteiger partial charge < -0.3 is 4.74 Å². The second-order valence-corrected chi connectivity index (χ2v) is 5.37. The summed E-state index contributed by atoms with van der Waals surface area (Å²) in [7, 11) is 0. The maximum Gasteiger partial charge on any atom is 0.311 e. The Kier molecular flexibility index (Phi) is 3.34. The van der Waals surface area contributed by atoms with E-state index in [-0.39, 0.29) is 16.6 Å². The average molecular weight is 316 g/mol. The summed E-state index contributed by atoms with van der Waals surface area (Å²) in [4.78, 5) is 10.4. The van der Waals surface area contributed by atoms with Crippen molar-refractivity contribution in [1.82, 2.24) is 10.2 Å². The summed E-state index contributed by atoms with van der Waals surface area (Å²) < 4.78 is 5.88. The maximum absolute atomic E-state index is 10.9. The molecule has 0 unspecified atom stereocenters. The maximum atomic E-state index is 10.9. The first-order chi connectivity index (χ1) is 8.06. The van der Waals surface area contributed by atoms with Crippen molar-refractivity contribution in [2.45, 2.75) is 6.92 Å². The second-order valence-electron chi connectivity index (χ2n) is 3.15. The monoisotopic (exact) mass is 315 g/mol. The van der Waals surface area contributed by atoms with Gasteiger partial charge in [-0.3, -0.25) is 10.1 Å². The van der Waals surface area contributed by atoms with E-state index in [1.807, 2.05) is 0 Å². The highest BCUT2D eigenvalue weighted by atomic mass is 79.9. The van der Waals surface area contributed by atoms with E-state index in [0.29, 0.717) is 3.92 Å². The van der Waals surface area contributed by atoms with Crippen molar-refractivity contribution in [3.63, 3.8) is 0 Å². The Hall–Kier alpha value is -1.54. The molecular weight excluding hydrogens is 310 g/mol. The van der Waals surface area contributed by atoms with Crippen LogP contribution in [0.15, 0.2) is 22.1 Å². The Morgan fingerprint density at radius 1 is 1.47 bits per heavy atom. The third-order valence-electron chi connectivity index (χ3n) is 1.89. The molecule has 0 radical (unpaired) electrons. The molecule has 0 spiro atoms. The Balaban J connectivity index is 2.35. The van der Waals surface area contributed by atoms with Crippen LogP contribution in [0.3, 0.4) is 0 Å². The minimum Gasteiger partial charge on any atom is -0.422 e. The quantitative estimate of drug-likeness (QED) is 0.641. The predicted octanol–water partition coefficient (Wildman–Crippen LogP) is 3.31. The molecule has 88 valence electrons. The molecule has 0 aliphatic rings. The first-order valence-corrected chi connectivity index (χ1v) is 6.09. The molecule has 0 saturated carbocycles. The number of aromatic nitrogens is 2. The molecule has 1 heterocycles.